The molecule has 5 rings (SSSR count). The lowest BCUT2D eigenvalue weighted by atomic mass is 9.96. The summed E-state index contributed by atoms with van der Waals surface area (Å²) in [4.78, 5) is 34.7. The number of alkyl carbamates (subject to hydrolysis) is 1. The Labute approximate surface area is 239 Å². The molecule has 5 aromatic rings. The van der Waals surface area contributed by atoms with Crippen molar-refractivity contribution in [3.8, 4) is 22.4 Å². The average molecular weight is 545 g/mol. The molecular weight excluding hydrogens is 512 g/mol. The van der Waals surface area contributed by atoms with Gasteiger partial charge in [-0.1, -0.05) is 84.9 Å². The summed E-state index contributed by atoms with van der Waals surface area (Å²) in [6, 6.07) is 31.5. The third-order valence-corrected chi connectivity index (χ3v) is 6.40. The number of hydrogen-bond acceptors (Lipinski definition) is 5. The number of aromatic nitrogens is 2. The molecule has 0 aliphatic heterocycles. The van der Waals surface area contributed by atoms with Crippen LogP contribution in [0, 0.1) is 0 Å². The Morgan fingerprint density at radius 3 is 2.07 bits per heavy atom. The summed E-state index contributed by atoms with van der Waals surface area (Å²) in [7, 11) is 0. The maximum absolute atomic E-state index is 13.2. The van der Waals surface area contributed by atoms with Crippen molar-refractivity contribution in [2.45, 2.75) is 39.5 Å². The molecule has 0 saturated heterocycles. The third kappa shape index (κ3) is 6.94. The Morgan fingerprint density at radius 1 is 0.756 bits per heavy atom. The van der Waals surface area contributed by atoms with Crippen LogP contribution in [0.5, 0.6) is 0 Å². The van der Waals surface area contributed by atoms with Gasteiger partial charge in [-0.25, -0.2) is 9.78 Å². The maximum Gasteiger partial charge on any atom is 0.407 e. The van der Waals surface area contributed by atoms with Gasteiger partial charge in [-0.05, 0) is 49.6 Å². The zero-order valence-corrected chi connectivity index (χ0v) is 23.3. The van der Waals surface area contributed by atoms with Crippen LogP contribution in [0.25, 0.3) is 33.3 Å². The van der Waals surface area contributed by atoms with E-state index in [1.54, 1.807) is 6.20 Å². The summed E-state index contributed by atoms with van der Waals surface area (Å²) in [5.74, 6) is -0.255. The highest BCUT2D eigenvalue weighted by molar-refractivity contribution is 6.06. The Bertz CT molecular complexity index is 1660. The maximum atomic E-state index is 13.2. The van der Waals surface area contributed by atoms with E-state index in [0.717, 1.165) is 33.5 Å². The molecule has 0 unspecified atom stereocenters. The summed E-state index contributed by atoms with van der Waals surface area (Å²) in [6.45, 7) is 6.25. The minimum Gasteiger partial charge on any atom is -0.444 e. The third-order valence-electron chi connectivity index (χ3n) is 6.40. The van der Waals surface area contributed by atoms with E-state index < -0.39 is 11.7 Å². The zero-order valence-electron chi connectivity index (χ0n) is 23.3. The largest absolute Gasteiger partial charge is 0.444 e. The predicted molar refractivity (Wildman–Crippen MR) is 161 cm³/mol. The van der Waals surface area contributed by atoms with Crippen LogP contribution in [0.3, 0.4) is 0 Å². The number of amides is 2. The van der Waals surface area contributed by atoms with Crippen LogP contribution in [0.1, 0.15) is 42.4 Å². The summed E-state index contributed by atoms with van der Waals surface area (Å²) in [5.41, 5.74) is 5.97. The summed E-state index contributed by atoms with van der Waals surface area (Å²) in [6.07, 6.45) is 1.16. The van der Waals surface area contributed by atoms with Gasteiger partial charge < -0.3 is 15.4 Å². The van der Waals surface area contributed by atoms with Crippen molar-refractivity contribution in [1.82, 2.24) is 20.6 Å². The van der Waals surface area contributed by atoms with Crippen molar-refractivity contribution in [3.63, 3.8) is 0 Å². The first-order valence-electron chi connectivity index (χ1n) is 13.5. The highest BCUT2D eigenvalue weighted by Gasteiger charge is 2.18. The minimum atomic E-state index is -0.554. The predicted octanol–water partition coefficient (Wildman–Crippen LogP) is 6.92. The number of benzene rings is 3. The van der Waals surface area contributed by atoms with Gasteiger partial charge in [0, 0.05) is 35.8 Å². The fourth-order valence-electron chi connectivity index (χ4n) is 4.47. The topological polar surface area (TPSA) is 93.2 Å². The van der Waals surface area contributed by atoms with Crippen molar-refractivity contribution in [2.75, 3.05) is 0 Å². The van der Waals surface area contributed by atoms with E-state index in [-0.39, 0.29) is 5.91 Å². The fourth-order valence-corrected chi connectivity index (χ4v) is 4.47. The number of nitrogens with zero attached hydrogens (tertiary/aromatic N) is 2. The highest BCUT2D eigenvalue weighted by atomic mass is 16.6. The van der Waals surface area contributed by atoms with E-state index in [1.165, 1.54) is 0 Å². The molecule has 2 aromatic heterocycles. The van der Waals surface area contributed by atoms with Gasteiger partial charge in [0.2, 0.25) is 0 Å². The first-order valence-corrected chi connectivity index (χ1v) is 13.5. The molecule has 2 amide bonds. The van der Waals surface area contributed by atoms with Crippen LogP contribution >= 0.6 is 0 Å². The first kappa shape index (κ1) is 27.5. The molecule has 41 heavy (non-hydrogen) atoms. The van der Waals surface area contributed by atoms with E-state index in [1.807, 2.05) is 118 Å². The number of fused-ring (bicyclic) bond motifs is 1. The number of hydrogen-bond donors (Lipinski definition) is 2. The van der Waals surface area contributed by atoms with Crippen LogP contribution in [-0.2, 0) is 17.8 Å². The van der Waals surface area contributed by atoms with Crippen molar-refractivity contribution < 1.29 is 14.3 Å². The SMILES string of the molecule is CC(C)(C)OC(=O)NCc1ccc(-c2nc3ccnc(C(=O)NCc4ccccc4)c3cc2-c2ccccc2)cc1. The standard InChI is InChI=1S/C34H32N4O3/c1-34(2,3)41-33(40)37-22-24-14-16-26(17-15-24)30-27(25-12-8-5-9-13-25)20-28-29(38-30)18-19-35-31(28)32(39)36-21-23-10-6-4-7-11-23/h4-20H,21-22H2,1-3H3,(H,36,39)(H,37,40). The Hall–Kier alpha value is -5.04. The number of pyridine rings is 2. The van der Waals surface area contributed by atoms with Crippen LogP contribution < -0.4 is 10.6 Å². The first-order chi connectivity index (χ1) is 19.8. The number of nitrogens with one attached hydrogen (secondary N) is 2. The molecule has 7 heteroatoms. The molecule has 3 aromatic carbocycles. The van der Waals surface area contributed by atoms with Gasteiger partial charge in [0.1, 0.15) is 11.3 Å². The lowest BCUT2D eigenvalue weighted by molar-refractivity contribution is 0.0523. The zero-order chi connectivity index (χ0) is 28.8. The van der Waals surface area contributed by atoms with Gasteiger partial charge in [-0.3, -0.25) is 9.78 Å². The Morgan fingerprint density at radius 2 is 1.39 bits per heavy atom. The molecule has 7 nitrogen and oxygen atoms in total. The molecule has 0 fully saturated rings. The van der Waals surface area contributed by atoms with E-state index in [4.69, 9.17) is 9.72 Å². The normalized spacial score (nSPS) is 11.2. The van der Waals surface area contributed by atoms with Gasteiger partial charge in [0.15, 0.2) is 0 Å². The molecule has 0 aliphatic carbocycles. The average Bonchev–Trinajstić information content (AvgIpc) is 2.98. The number of ether oxygens (including phenoxy) is 1. The molecule has 2 heterocycles. The number of rotatable bonds is 7. The second-order valence-corrected chi connectivity index (χ2v) is 10.7. The van der Waals surface area contributed by atoms with Crippen molar-refractivity contribution in [2.24, 2.45) is 0 Å². The van der Waals surface area contributed by atoms with Gasteiger partial charge >= 0.3 is 6.09 Å². The molecule has 0 bridgehead atoms. The molecule has 0 saturated carbocycles. The second kappa shape index (κ2) is 12.0. The Balaban J connectivity index is 1.46. The molecule has 0 spiro atoms. The van der Waals surface area contributed by atoms with Crippen molar-refractivity contribution >= 4 is 22.9 Å². The van der Waals surface area contributed by atoms with Crippen LogP contribution in [0.4, 0.5) is 4.79 Å². The van der Waals surface area contributed by atoms with Gasteiger partial charge in [-0.15, -0.1) is 0 Å². The van der Waals surface area contributed by atoms with E-state index in [2.05, 4.69) is 15.6 Å². The van der Waals surface area contributed by atoms with Crippen LogP contribution in [-0.4, -0.2) is 27.6 Å². The van der Waals surface area contributed by atoms with Crippen molar-refractivity contribution in [1.29, 1.82) is 0 Å². The highest BCUT2D eigenvalue weighted by Crippen LogP contribution is 2.34. The summed E-state index contributed by atoms with van der Waals surface area (Å²) >= 11 is 0. The molecule has 0 radical (unpaired) electrons. The van der Waals surface area contributed by atoms with Crippen LogP contribution in [0.2, 0.25) is 0 Å². The quantitative estimate of drug-likeness (QED) is 0.232. The fraction of sp³-hybridized carbons (Fsp3) is 0.176. The number of carbonyl (C=O) groups excluding carboxylic acids is 2. The summed E-state index contributed by atoms with van der Waals surface area (Å²) < 4.78 is 5.33. The van der Waals surface area contributed by atoms with Crippen LogP contribution in [0.15, 0.2) is 103 Å². The molecule has 0 atom stereocenters. The molecule has 0 aliphatic rings. The smallest absolute Gasteiger partial charge is 0.407 e. The Kier molecular flexibility index (Phi) is 8.06. The number of carbonyl (C=O) groups is 2. The molecular formula is C34H32N4O3. The van der Waals surface area contributed by atoms with Gasteiger partial charge in [-0.2, -0.15) is 0 Å². The molecule has 206 valence electrons. The minimum absolute atomic E-state index is 0.255. The summed E-state index contributed by atoms with van der Waals surface area (Å²) in [5, 5.41) is 6.45. The van der Waals surface area contributed by atoms with Gasteiger partial charge in [0.25, 0.3) is 5.91 Å². The second-order valence-electron chi connectivity index (χ2n) is 10.7. The lowest BCUT2D eigenvalue weighted by Gasteiger charge is -2.19. The molecule has 2 N–H and O–H groups in total. The van der Waals surface area contributed by atoms with Gasteiger partial charge in [0.05, 0.1) is 11.2 Å². The lowest BCUT2D eigenvalue weighted by Crippen LogP contribution is -2.32. The van der Waals surface area contributed by atoms with Crippen molar-refractivity contribution in [3.05, 3.63) is 120 Å². The monoisotopic (exact) mass is 544 g/mol. The van der Waals surface area contributed by atoms with E-state index >= 15 is 0 Å². The van der Waals surface area contributed by atoms with E-state index in [9.17, 15) is 9.59 Å². The van der Waals surface area contributed by atoms with E-state index in [0.29, 0.717) is 29.7 Å².